The highest BCUT2D eigenvalue weighted by Gasteiger charge is 2.30. The predicted molar refractivity (Wildman–Crippen MR) is 54.6 cm³/mol. The second-order valence-corrected chi connectivity index (χ2v) is 3.23. The molecule has 1 aliphatic rings. The van der Waals surface area contributed by atoms with E-state index in [0.717, 1.165) is 0 Å². The smallest absolute Gasteiger partial charge is 0.407 e. The summed E-state index contributed by atoms with van der Waals surface area (Å²) in [7, 11) is 3.06. The van der Waals surface area contributed by atoms with Gasteiger partial charge in [0.2, 0.25) is 0 Å². The molecule has 16 heavy (non-hydrogen) atoms. The molecule has 1 unspecified atom stereocenters. The first-order chi connectivity index (χ1) is 7.76. The fraction of sp³-hybridized carbons (Fsp3) is 0.400. The molecular weight excluding hydrogens is 212 g/mol. The number of nitrogens with one attached hydrogen (secondary N) is 1. The normalized spacial score (nSPS) is 18.9. The van der Waals surface area contributed by atoms with Crippen LogP contribution in [0.25, 0.3) is 0 Å². The molecule has 0 saturated carbocycles. The number of amides is 1. The number of cyclic esters (lactones) is 1. The molecule has 6 heteroatoms. The number of alkyl carbamates (subject to hydrolysis) is 1. The van der Waals surface area contributed by atoms with Gasteiger partial charge in [-0.25, -0.2) is 4.79 Å². The van der Waals surface area contributed by atoms with Crippen LogP contribution in [0.3, 0.4) is 0 Å². The van der Waals surface area contributed by atoms with Crippen molar-refractivity contribution in [2.45, 2.75) is 6.10 Å². The fourth-order valence-corrected chi connectivity index (χ4v) is 1.63. The lowest BCUT2D eigenvalue weighted by atomic mass is 10.1. The van der Waals surface area contributed by atoms with Crippen molar-refractivity contribution in [3.8, 4) is 11.5 Å². The topological polar surface area (TPSA) is 69.7 Å². The van der Waals surface area contributed by atoms with E-state index in [1.165, 1.54) is 14.2 Å². The zero-order valence-corrected chi connectivity index (χ0v) is 9.02. The van der Waals surface area contributed by atoms with Gasteiger partial charge in [0.1, 0.15) is 11.5 Å². The van der Waals surface area contributed by atoms with Crippen LogP contribution >= 0.6 is 0 Å². The highest BCUT2D eigenvalue weighted by atomic mass is 16.6. The Labute approximate surface area is 92.5 Å². The van der Waals surface area contributed by atoms with Gasteiger partial charge in [-0.05, 0) is 0 Å². The minimum Gasteiger partial charge on any atom is -0.495 e. The van der Waals surface area contributed by atoms with Crippen molar-refractivity contribution in [3.05, 3.63) is 18.0 Å². The van der Waals surface area contributed by atoms with Crippen molar-refractivity contribution < 1.29 is 19.0 Å². The van der Waals surface area contributed by atoms with E-state index < -0.39 is 12.2 Å². The maximum atomic E-state index is 11.0. The van der Waals surface area contributed by atoms with Gasteiger partial charge in [0.05, 0.1) is 38.7 Å². The minimum atomic E-state index is -0.439. The summed E-state index contributed by atoms with van der Waals surface area (Å²) in [5.41, 5.74) is 0.693. The Kier molecular flexibility index (Phi) is 2.80. The number of pyridine rings is 1. The Balaban J connectivity index is 2.40. The zero-order chi connectivity index (χ0) is 11.5. The molecule has 2 rings (SSSR count). The number of hydrogen-bond donors (Lipinski definition) is 1. The summed E-state index contributed by atoms with van der Waals surface area (Å²) in [5.74, 6) is 1.08. The average molecular weight is 224 g/mol. The molecule has 1 aromatic rings. The first-order valence-electron chi connectivity index (χ1n) is 4.76. The largest absolute Gasteiger partial charge is 0.495 e. The van der Waals surface area contributed by atoms with Crippen LogP contribution in [0.5, 0.6) is 11.5 Å². The second-order valence-electron chi connectivity index (χ2n) is 3.23. The maximum Gasteiger partial charge on any atom is 0.407 e. The van der Waals surface area contributed by atoms with Gasteiger partial charge in [0.15, 0.2) is 6.10 Å². The van der Waals surface area contributed by atoms with Crippen LogP contribution < -0.4 is 14.8 Å². The standard InChI is InChI=1S/C10H12N2O4/c1-14-6-3-11-4-7(15-2)9(6)8-5-12-10(13)16-8/h3-4,8H,5H2,1-2H3,(H,12,13). The number of nitrogens with zero attached hydrogens (tertiary/aromatic N) is 1. The lowest BCUT2D eigenvalue weighted by molar-refractivity contribution is 0.137. The molecule has 1 fully saturated rings. The van der Waals surface area contributed by atoms with Crippen LogP contribution in [-0.2, 0) is 4.74 Å². The van der Waals surface area contributed by atoms with Crippen molar-refractivity contribution in [2.24, 2.45) is 0 Å². The summed E-state index contributed by atoms with van der Waals surface area (Å²) in [6.45, 7) is 0.398. The lowest BCUT2D eigenvalue weighted by Crippen LogP contribution is -2.12. The third-order valence-corrected chi connectivity index (χ3v) is 2.36. The van der Waals surface area contributed by atoms with E-state index in [0.29, 0.717) is 23.6 Å². The number of carbonyl (C=O) groups is 1. The van der Waals surface area contributed by atoms with Gasteiger partial charge in [0, 0.05) is 0 Å². The van der Waals surface area contributed by atoms with Gasteiger partial charge in [0.25, 0.3) is 0 Å². The van der Waals surface area contributed by atoms with E-state index in [2.05, 4.69) is 10.3 Å². The number of ether oxygens (including phenoxy) is 3. The molecule has 1 saturated heterocycles. The second kappa shape index (κ2) is 4.26. The molecule has 2 heterocycles. The number of carbonyl (C=O) groups excluding carboxylic acids is 1. The molecule has 0 spiro atoms. The van der Waals surface area contributed by atoms with Crippen LogP contribution in [0.15, 0.2) is 12.4 Å². The van der Waals surface area contributed by atoms with Crippen molar-refractivity contribution in [2.75, 3.05) is 20.8 Å². The maximum absolute atomic E-state index is 11.0. The SMILES string of the molecule is COc1cncc(OC)c1C1CNC(=O)O1. The number of hydrogen-bond acceptors (Lipinski definition) is 5. The zero-order valence-electron chi connectivity index (χ0n) is 9.02. The van der Waals surface area contributed by atoms with Gasteiger partial charge >= 0.3 is 6.09 Å². The molecule has 1 aromatic heterocycles. The van der Waals surface area contributed by atoms with Gasteiger partial charge in [-0.15, -0.1) is 0 Å². The van der Waals surface area contributed by atoms with Crippen molar-refractivity contribution in [1.82, 2.24) is 10.3 Å². The molecule has 6 nitrogen and oxygen atoms in total. The van der Waals surface area contributed by atoms with Crippen LogP contribution in [0, 0.1) is 0 Å². The van der Waals surface area contributed by atoms with Gasteiger partial charge < -0.3 is 19.5 Å². The summed E-state index contributed by atoms with van der Waals surface area (Å²) in [6, 6.07) is 0. The Morgan fingerprint density at radius 2 is 2.00 bits per heavy atom. The van der Waals surface area contributed by atoms with E-state index >= 15 is 0 Å². The highest BCUT2D eigenvalue weighted by Crippen LogP contribution is 2.36. The minimum absolute atomic E-state index is 0.398. The molecule has 0 bridgehead atoms. The first kappa shape index (κ1) is 10.5. The Morgan fingerprint density at radius 3 is 2.44 bits per heavy atom. The van der Waals surface area contributed by atoms with Crippen LogP contribution in [0.2, 0.25) is 0 Å². The van der Waals surface area contributed by atoms with E-state index in [1.807, 2.05) is 0 Å². The molecule has 1 atom stereocenters. The number of rotatable bonds is 3. The number of methoxy groups -OCH3 is 2. The van der Waals surface area contributed by atoms with E-state index in [9.17, 15) is 4.79 Å². The quantitative estimate of drug-likeness (QED) is 0.825. The van der Waals surface area contributed by atoms with Crippen LogP contribution in [0.1, 0.15) is 11.7 Å². The fourth-order valence-electron chi connectivity index (χ4n) is 1.63. The first-order valence-corrected chi connectivity index (χ1v) is 4.76. The van der Waals surface area contributed by atoms with Crippen LogP contribution in [0.4, 0.5) is 4.79 Å². The highest BCUT2D eigenvalue weighted by molar-refractivity contribution is 5.70. The monoisotopic (exact) mass is 224 g/mol. The van der Waals surface area contributed by atoms with E-state index in [4.69, 9.17) is 14.2 Å². The van der Waals surface area contributed by atoms with Gasteiger partial charge in [-0.1, -0.05) is 0 Å². The van der Waals surface area contributed by atoms with Gasteiger partial charge in [-0.2, -0.15) is 0 Å². The summed E-state index contributed by atoms with van der Waals surface area (Å²) in [4.78, 5) is 15.0. The molecule has 86 valence electrons. The summed E-state index contributed by atoms with van der Waals surface area (Å²) in [6.07, 6.45) is 2.28. The molecule has 1 amide bonds. The Bertz CT molecular complexity index is 386. The molecule has 0 aliphatic carbocycles. The van der Waals surface area contributed by atoms with E-state index in [1.54, 1.807) is 12.4 Å². The third kappa shape index (κ3) is 1.73. The molecule has 1 N–H and O–H groups in total. The third-order valence-electron chi connectivity index (χ3n) is 2.36. The molecule has 0 aromatic carbocycles. The molecule has 0 radical (unpaired) electrons. The Hall–Kier alpha value is -1.98. The average Bonchev–Trinajstić information content (AvgIpc) is 2.74. The van der Waals surface area contributed by atoms with Crippen LogP contribution in [-0.4, -0.2) is 31.8 Å². The van der Waals surface area contributed by atoms with E-state index in [-0.39, 0.29) is 0 Å². The Morgan fingerprint density at radius 1 is 1.38 bits per heavy atom. The summed E-state index contributed by atoms with van der Waals surface area (Å²) >= 11 is 0. The molecular formula is C10H12N2O4. The number of aromatic nitrogens is 1. The summed E-state index contributed by atoms with van der Waals surface area (Å²) in [5, 5.41) is 2.58. The molecule has 1 aliphatic heterocycles. The van der Waals surface area contributed by atoms with Crippen molar-refractivity contribution in [1.29, 1.82) is 0 Å². The van der Waals surface area contributed by atoms with Crippen molar-refractivity contribution >= 4 is 6.09 Å². The summed E-state index contributed by atoms with van der Waals surface area (Å²) < 4.78 is 15.4. The predicted octanol–water partition coefficient (Wildman–Crippen LogP) is 0.880. The van der Waals surface area contributed by atoms with Gasteiger partial charge in [-0.3, -0.25) is 4.98 Å². The lowest BCUT2D eigenvalue weighted by Gasteiger charge is -2.15. The van der Waals surface area contributed by atoms with Crippen molar-refractivity contribution in [3.63, 3.8) is 0 Å².